The molecular weight excluding hydrogens is 387 g/mol. The van der Waals surface area contributed by atoms with Crippen LogP contribution in [0.1, 0.15) is 22.3 Å². The van der Waals surface area contributed by atoms with Gasteiger partial charge < -0.3 is 4.74 Å². The number of benzene rings is 2. The summed E-state index contributed by atoms with van der Waals surface area (Å²) in [6.07, 6.45) is 0. The molecule has 0 aliphatic carbocycles. The Kier molecular flexibility index (Phi) is 5.22. The lowest BCUT2D eigenvalue weighted by Crippen LogP contribution is -2.01. The van der Waals surface area contributed by atoms with E-state index in [1.54, 1.807) is 6.07 Å². The van der Waals surface area contributed by atoms with Crippen molar-refractivity contribution in [2.75, 3.05) is 0 Å². The van der Waals surface area contributed by atoms with Gasteiger partial charge in [-0.05, 0) is 42.7 Å². The fraction of sp³-hybridized carbons (Fsp3) is 0.250. The number of ether oxygens (including phenoxy) is 1. The molecule has 0 heterocycles. The second kappa shape index (κ2) is 6.72. The van der Waals surface area contributed by atoms with E-state index in [4.69, 9.17) is 4.74 Å². The Bertz CT molecular complexity index is 603. The zero-order valence-corrected chi connectivity index (χ0v) is 14.5. The minimum atomic E-state index is -0.255. The van der Waals surface area contributed by atoms with E-state index in [2.05, 4.69) is 44.0 Å². The van der Waals surface area contributed by atoms with Crippen molar-refractivity contribution in [1.29, 1.82) is 0 Å². The average molecular weight is 402 g/mol. The predicted octanol–water partition coefficient (Wildman–Crippen LogP) is 5.68. The molecule has 0 unspecified atom stereocenters. The highest BCUT2D eigenvalue weighted by molar-refractivity contribution is 9.10. The molecule has 0 aliphatic rings. The zero-order chi connectivity index (χ0) is 14.7. The topological polar surface area (TPSA) is 9.23 Å². The largest absolute Gasteiger partial charge is 0.488 e. The maximum absolute atomic E-state index is 13.0. The molecule has 0 saturated heterocycles. The fourth-order valence-electron chi connectivity index (χ4n) is 2.13. The number of hydrogen-bond donors (Lipinski definition) is 0. The van der Waals surface area contributed by atoms with Crippen molar-refractivity contribution in [3.05, 3.63) is 62.9 Å². The van der Waals surface area contributed by atoms with Gasteiger partial charge in [0.25, 0.3) is 0 Å². The molecule has 0 fully saturated rings. The van der Waals surface area contributed by atoms with E-state index in [-0.39, 0.29) is 5.82 Å². The fourth-order valence-corrected chi connectivity index (χ4v) is 2.92. The number of halogens is 3. The van der Waals surface area contributed by atoms with E-state index >= 15 is 0 Å². The van der Waals surface area contributed by atoms with Crippen LogP contribution in [0, 0.1) is 19.7 Å². The lowest BCUT2D eigenvalue weighted by molar-refractivity contribution is 0.301. The Morgan fingerprint density at radius 3 is 2.30 bits per heavy atom. The highest BCUT2D eigenvalue weighted by Crippen LogP contribution is 2.28. The molecule has 2 aromatic rings. The monoisotopic (exact) mass is 400 g/mol. The first-order valence-electron chi connectivity index (χ1n) is 6.24. The van der Waals surface area contributed by atoms with E-state index in [1.165, 1.54) is 17.7 Å². The maximum Gasteiger partial charge on any atom is 0.125 e. The van der Waals surface area contributed by atoms with Gasteiger partial charge in [-0.25, -0.2) is 4.39 Å². The number of alkyl halides is 1. The van der Waals surface area contributed by atoms with Crippen molar-refractivity contribution in [2.45, 2.75) is 25.8 Å². The number of hydrogen-bond acceptors (Lipinski definition) is 1. The van der Waals surface area contributed by atoms with Gasteiger partial charge in [0.2, 0.25) is 0 Å². The van der Waals surface area contributed by atoms with Crippen molar-refractivity contribution in [3.8, 4) is 5.75 Å². The van der Waals surface area contributed by atoms with E-state index in [0.717, 1.165) is 32.2 Å². The Hall–Kier alpha value is -0.870. The van der Waals surface area contributed by atoms with Crippen LogP contribution >= 0.6 is 31.9 Å². The highest BCUT2D eigenvalue weighted by Gasteiger charge is 2.08. The molecule has 106 valence electrons. The van der Waals surface area contributed by atoms with E-state index in [0.29, 0.717) is 6.61 Å². The van der Waals surface area contributed by atoms with Crippen LogP contribution in [0.4, 0.5) is 4.39 Å². The second-order valence-corrected chi connectivity index (χ2v) is 6.13. The summed E-state index contributed by atoms with van der Waals surface area (Å²) in [6, 6.07) is 8.84. The van der Waals surface area contributed by atoms with Crippen molar-refractivity contribution in [1.82, 2.24) is 0 Å². The van der Waals surface area contributed by atoms with Gasteiger partial charge in [0.05, 0.1) is 0 Å². The van der Waals surface area contributed by atoms with Gasteiger partial charge in [-0.1, -0.05) is 50.1 Å². The molecule has 0 radical (unpaired) electrons. The van der Waals surface area contributed by atoms with Crippen LogP contribution in [-0.4, -0.2) is 0 Å². The summed E-state index contributed by atoms with van der Waals surface area (Å²) in [5.41, 5.74) is 4.38. The van der Waals surface area contributed by atoms with Gasteiger partial charge in [-0.3, -0.25) is 0 Å². The van der Waals surface area contributed by atoms with Gasteiger partial charge in [-0.2, -0.15) is 0 Å². The average Bonchev–Trinajstić information content (AvgIpc) is 2.39. The van der Waals surface area contributed by atoms with Gasteiger partial charge in [0.1, 0.15) is 18.2 Å². The highest BCUT2D eigenvalue weighted by atomic mass is 79.9. The number of rotatable bonds is 4. The van der Waals surface area contributed by atoms with E-state index in [9.17, 15) is 4.39 Å². The van der Waals surface area contributed by atoms with Crippen LogP contribution in [0.25, 0.3) is 0 Å². The predicted molar refractivity (Wildman–Crippen MR) is 87.0 cm³/mol. The zero-order valence-electron chi connectivity index (χ0n) is 11.3. The Morgan fingerprint density at radius 2 is 1.75 bits per heavy atom. The third kappa shape index (κ3) is 3.61. The minimum Gasteiger partial charge on any atom is -0.488 e. The third-order valence-corrected chi connectivity index (χ3v) is 4.45. The number of aryl methyl sites for hydroxylation is 2. The molecule has 2 rings (SSSR count). The summed E-state index contributed by atoms with van der Waals surface area (Å²) in [5, 5.41) is 0.832. The smallest absolute Gasteiger partial charge is 0.125 e. The molecule has 0 N–H and O–H groups in total. The van der Waals surface area contributed by atoms with Crippen LogP contribution in [0.15, 0.2) is 34.8 Å². The lowest BCUT2D eigenvalue weighted by Gasteiger charge is -2.14. The summed E-state index contributed by atoms with van der Waals surface area (Å²) < 4.78 is 19.7. The molecular formula is C16H15Br2FO. The molecule has 0 aromatic heterocycles. The van der Waals surface area contributed by atoms with Crippen LogP contribution in [-0.2, 0) is 11.9 Å². The first kappa shape index (κ1) is 15.5. The lowest BCUT2D eigenvalue weighted by atomic mass is 10.1. The molecule has 2 aromatic carbocycles. The van der Waals surface area contributed by atoms with Crippen LogP contribution in [0.2, 0.25) is 0 Å². The van der Waals surface area contributed by atoms with Gasteiger partial charge in [0, 0.05) is 15.4 Å². The van der Waals surface area contributed by atoms with Gasteiger partial charge >= 0.3 is 0 Å². The Labute approximate surface area is 135 Å². The SMILES string of the molecule is Cc1cc(CBr)cc(C)c1OCc1ccc(F)cc1Br. The Morgan fingerprint density at radius 1 is 1.10 bits per heavy atom. The molecule has 0 atom stereocenters. The van der Waals surface area contributed by atoms with Crippen molar-refractivity contribution < 1.29 is 9.13 Å². The summed E-state index contributed by atoms with van der Waals surface area (Å²) in [6.45, 7) is 4.48. The first-order chi connectivity index (χ1) is 9.51. The van der Waals surface area contributed by atoms with Crippen LogP contribution in [0.5, 0.6) is 5.75 Å². The molecule has 0 bridgehead atoms. The quantitative estimate of drug-likeness (QED) is 0.599. The van der Waals surface area contributed by atoms with Crippen molar-refractivity contribution in [3.63, 3.8) is 0 Å². The van der Waals surface area contributed by atoms with Crippen LogP contribution < -0.4 is 4.74 Å². The first-order valence-corrected chi connectivity index (χ1v) is 8.15. The van der Waals surface area contributed by atoms with Gasteiger partial charge in [0.15, 0.2) is 0 Å². The maximum atomic E-state index is 13.0. The molecule has 0 aliphatic heterocycles. The summed E-state index contributed by atoms with van der Waals surface area (Å²) in [7, 11) is 0. The molecule has 4 heteroatoms. The summed E-state index contributed by atoms with van der Waals surface area (Å²) >= 11 is 6.81. The molecule has 0 saturated carbocycles. The van der Waals surface area contributed by atoms with E-state index < -0.39 is 0 Å². The Balaban J connectivity index is 2.19. The summed E-state index contributed by atoms with van der Waals surface area (Å²) in [5.74, 6) is 0.639. The second-order valence-electron chi connectivity index (χ2n) is 4.72. The van der Waals surface area contributed by atoms with Gasteiger partial charge in [-0.15, -0.1) is 0 Å². The molecule has 0 amide bonds. The van der Waals surface area contributed by atoms with Crippen LogP contribution in [0.3, 0.4) is 0 Å². The molecule has 0 spiro atoms. The van der Waals surface area contributed by atoms with Crippen molar-refractivity contribution >= 4 is 31.9 Å². The molecule has 20 heavy (non-hydrogen) atoms. The van der Waals surface area contributed by atoms with E-state index in [1.807, 2.05) is 13.8 Å². The molecule has 1 nitrogen and oxygen atoms in total. The minimum absolute atomic E-state index is 0.255. The van der Waals surface area contributed by atoms with Crippen molar-refractivity contribution in [2.24, 2.45) is 0 Å². The third-order valence-electron chi connectivity index (χ3n) is 3.06. The summed E-state index contributed by atoms with van der Waals surface area (Å²) in [4.78, 5) is 0. The standard InChI is InChI=1S/C16H15Br2FO/c1-10-5-12(8-17)6-11(2)16(10)20-9-13-3-4-14(19)7-15(13)18/h3-7H,8-9H2,1-2H3. The normalized spacial score (nSPS) is 10.7.